The smallest absolute Gasteiger partial charge is 0.407 e. The summed E-state index contributed by atoms with van der Waals surface area (Å²) in [6.07, 6.45) is 0.558. The maximum atomic E-state index is 12.2. The molecule has 1 aliphatic heterocycles. The first-order chi connectivity index (χ1) is 14.8. The third-order valence-electron chi connectivity index (χ3n) is 4.50. The number of oxime groups is 1. The van der Waals surface area contributed by atoms with Crippen LogP contribution in [0.1, 0.15) is 43.7 Å². The van der Waals surface area contributed by atoms with Crippen molar-refractivity contribution in [3.63, 3.8) is 0 Å². The maximum Gasteiger partial charge on any atom is 0.407 e. The van der Waals surface area contributed by atoms with Gasteiger partial charge in [0.1, 0.15) is 18.0 Å². The zero-order chi connectivity index (χ0) is 22.8. The van der Waals surface area contributed by atoms with Gasteiger partial charge in [-0.15, -0.1) is 0 Å². The Morgan fingerprint density at radius 3 is 2.68 bits per heavy atom. The molecule has 0 aromatic heterocycles. The van der Waals surface area contributed by atoms with Gasteiger partial charge in [-0.2, -0.15) is 0 Å². The normalized spacial score (nSPS) is 15.9. The number of amidine groups is 1. The van der Waals surface area contributed by atoms with Gasteiger partial charge < -0.3 is 31.0 Å². The van der Waals surface area contributed by atoms with E-state index in [1.165, 1.54) is 0 Å². The zero-order valence-corrected chi connectivity index (χ0v) is 17.2. The van der Waals surface area contributed by atoms with Gasteiger partial charge >= 0.3 is 12.1 Å². The second-order valence-electron chi connectivity index (χ2n) is 6.99. The number of carboxylic acid groups (broad SMARTS) is 1. The van der Waals surface area contributed by atoms with E-state index in [2.05, 4.69) is 15.8 Å². The summed E-state index contributed by atoms with van der Waals surface area (Å²) in [6.45, 7) is 1.84. The number of hydrogen-bond acceptors (Lipinski definition) is 7. The molecule has 2 atom stereocenters. The number of hydrogen-bond donors (Lipinski definition) is 5. The quantitative estimate of drug-likeness (QED) is 0.196. The minimum atomic E-state index is -1.31. The minimum Gasteiger partial charge on any atom is -0.480 e. The Morgan fingerprint density at radius 1 is 1.35 bits per heavy atom. The van der Waals surface area contributed by atoms with Crippen molar-refractivity contribution in [1.29, 1.82) is 5.41 Å². The molecule has 11 nitrogen and oxygen atoms in total. The number of aliphatic carboxylic acids is 1. The molecular formula is C20H27N5O6. The van der Waals surface area contributed by atoms with Gasteiger partial charge in [0.05, 0.1) is 18.7 Å². The summed E-state index contributed by atoms with van der Waals surface area (Å²) in [5, 5.41) is 25.3. The molecule has 31 heavy (non-hydrogen) atoms. The molecule has 0 bridgehead atoms. The highest BCUT2D eigenvalue weighted by Crippen LogP contribution is 2.19. The van der Waals surface area contributed by atoms with Crippen LogP contribution in [0.4, 0.5) is 4.79 Å². The van der Waals surface area contributed by atoms with Crippen molar-refractivity contribution in [2.24, 2.45) is 10.9 Å². The van der Waals surface area contributed by atoms with E-state index in [1.54, 1.807) is 24.3 Å². The summed E-state index contributed by atoms with van der Waals surface area (Å²) >= 11 is 0. The summed E-state index contributed by atoms with van der Waals surface area (Å²) < 4.78 is 4.87. The Balaban J connectivity index is 1.77. The average Bonchev–Trinajstić information content (AvgIpc) is 3.19. The minimum absolute atomic E-state index is 0.0220. The molecule has 0 radical (unpaired) electrons. The fourth-order valence-electron chi connectivity index (χ4n) is 2.74. The van der Waals surface area contributed by atoms with Crippen molar-refractivity contribution in [2.75, 3.05) is 13.2 Å². The molecule has 0 saturated carbocycles. The van der Waals surface area contributed by atoms with Crippen LogP contribution in [0.2, 0.25) is 0 Å². The standard InChI is InChI=1S/C20H27N5O6/c1-2-3-8-30-20(29)24-16(19(27)28)11-23-17(26)10-14-9-15(25-31-14)12-4-6-13(7-5-12)18(21)22/h4-7,14,16H,2-3,8-11H2,1H3,(H3,21,22)(H,23,26)(H,24,29)(H,27,28)/t14-,16+/m1/s1. The molecule has 1 aromatic carbocycles. The highest BCUT2D eigenvalue weighted by Gasteiger charge is 2.26. The molecular weight excluding hydrogens is 406 g/mol. The Bertz CT molecular complexity index is 839. The predicted molar refractivity (Wildman–Crippen MR) is 112 cm³/mol. The number of carboxylic acids is 1. The molecule has 0 spiro atoms. The molecule has 1 aliphatic rings. The van der Waals surface area contributed by atoms with Gasteiger partial charge in [-0.25, -0.2) is 9.59 Å². The Labute approximate surface area is 179 Å². The van der Waals surface area contributed by atoms with Crippen molar-refractivity contribution in [3.05, 3.63) is 35.4 Å². The number of carbonyl (C=O) groups excluding carboxylic acids is 2. The molecule has 0 aliphatic carbocycles. The van der Waals surface area contributed by atoms with Crippen LogP contribution in [-0.2, 0) is 19.2 Å². The van der Waals surface area contributed by atoms with E-state index >= 15 is 0 Å². The first-order valence-corrected chi connectivity index (χ1v) is 9.90. The number of nitrogens with zero attached hydrogens (tertiary/aromatic N) is 1. The Morgan fingerprint density at radius 2 is 2.06 bits per heavy atom. The lowest BCUT2D eigenvalue weighted by Gasteiger charge is -2.16. The van der Waals surface area contributed by atoms with E-state index in [0.717, 1.165) is 12.0 Å². The lowest BCUT2D eigenvalue weighted by Crippen LogP contribution is -2.48. The summed E-state index contributed by atoms with van der Waals surface area (Å²) in [7, 11) is 0. The van der Waals surface area contributed by atoms with Crippen LogP contribution in [0.5, 0.6) is 0 Å². The van der Waals surface area contributed by atoms with Crippen molar-refractivity contribution in [2.45, 2.75) is 44.8 Å². The van der Waals surface area contributed by atoms with E-state index in [-0.39, 0.29) is 25.4 Å². The van der Waals surface area contributed by atoms with Crippen LogP contribution in [0.25, 0.3) is 0 Å². The summed E-state index contributed by atoms with van der Waals surface area (Å²) in [5.41, 5.74) is 7.48. The van der Waals surface area contributed by atoms with Crippen LogP contribution in [0.15, 0.2) is 29.4 Å². The number of ether oxygens (including phenoxy) is 1. The number of benzene rings is 1. The molecule has 0 fully saturated rings. The number of amides is 2. The van der Waals surface area contributed by atoms with Crippen LogP contribution in [0.3, 0.4) is 0 Å². The zero-order valence-electron chi connectivity index (χ0n) is 17.2. The molecule has 168 valence electrons. The van der Waals surface area contributed by atoms with Crippen molar-refractivity contribution in [3.8, 4) is 0 Å². The number of unbranched alkanes of at least 4 members (excludes halogenated alkanes) is 1. The van der Waals surface area contributed by atoms with E-state index in [0.29, 0.717) is 24.1 Å². The van der Waals surface area contributed by atoms with Crippen molar-refractivity contribution < 1.29 is 29.1 Å². The van der Waals surface area contributed by atoms with Gasteiger partial charge in [-0.1, -0.05) is 42.8 Å². The van der Waals surface area contributed by atoms with E-state index in [9.17, 15) is 19.5 Å². The lowest BCUT2D eigenvalue weighted by atomic mass is 10.0. The second-order valence-corrected chi connectivity index (χ2v) is 6.99. The second kappa shape index (κ2) is 11.5. The molecule has 2 rings (SSSR count). The summed E-state index contributed by atoms with van der Waals surface area (Å²) in [5.74, 6) is -1.75. The Kier molecular flexibility index (Phi) is 8.79. The molecule has 2 amide bonds. The van der Waals surface area contributed by atoms with Crippen molar-refractivity contribution in [1.82, 2.24) is 10.6 Å². The predicted octanol–water partition coefficient (Wildman–Crippen LogP) is 0.949. The van der Waals surface area contributed by atoms with Crippen LogP contribution in [0, 0.1) is 5.41 Å². The monoisotopic (exact) mass is 433 g/mol. The van der Waals surface area contributed by atoms with E-state index in [4.69, 9.17) is 20.7 Å². The van der Waals surface area contributed by atoms with E-state index in [1.807, 2.05) is 6.92 Å². The molecule has 11 heteroatoms. The fraction of sp³-hybridized carbons (Fsp3) is 0.450. The molecule has 0 unspecified atom stereocenters. The van der Waals surface area contributed by atoms with Gasteiger partial charge in [-0.3, -0.25) is 10.2 Å². The number of rotatable bonds is 11. The number of carbonyl (C=O) groups is 3. The van der Waals surface area contributed by atoms with Gasteiger partial charge in [0.25, 0.3) is 0 Å². The number of nitrogens with one attached hydrogen (secondary N) is 3. The lowest BCUT2D eigenvalue weighted by molar-refractivity contribution is -0.139. The first-order valence-electron chi connectivity index (χ1n) is 9.90. The highest BCUT2D eigenvalue weighted by molar-refractivity contribution is 6.02. The van der Waals surface area contributed by atoms with Crippen LogP contribution in [-0.4, -0.2) is 59.9 Å². The van der Waals surface area contributed by atoms with Gasteiger partial charge in [0.2, 0.25) is 5.91 Å². The van der Waals surface area contributed by atoms with Gasteiger partial charge in [0.15, 0.2) is 0 Å². The first kappa shape index (κ1) is 23.6. The molecule has 1 heterocycles. The number of alkyl carbamates (subject to hydrolysis) is 1. The molecule has 0 saturated heterocycles. The van der Waals surface area contributed by atoms with Gasteiger partial charge in [-0.05, 0) is 12.0 Å². The largest absolute Gasteiger partial charge is 0.480 e. The summed E-state index contributed by atoms with van der Waals surface area (Å²) in [6, 6.07) is 5.63. The van der Waals surface area contributed by atoms with Crippen LogP contribution >= 0.6 is 0 Å². The summed E-state index contributed by atoms with van der Waals surface area (Å²) in [4.78, 5) is 40.4. The third-order valence-corrected chi connectivity index (χ3v) is 4.50. The molecule has 6 N–H and O–H groups in total. The maximum absolute atomic E-state index is 12.2. The number of nitrogens with two attached hydrogens (primary N) is 1. The average molecular weight is 433 g/mol. The third kappa shape index (κ3) is 7.61. The number of nitrogen functional groups attached to an aromatic ring is 1. The van der Waals surface area contributed by atoms with E-state index < -0.39 is 30.1 Å². The fourth-order valence-corrected chi connectivity index (χ4v) is 2.74. The highest BCUT2D eigenvalue weighted by atomic mass is 16.6. The molecule has 1 aromatic rings. The SMILES string of the molecule is CCCCOC(=O)N[C@@H](CNC(=O)C[C@H]1CC(c2ccc(C(=N)N)cc2)=NO1)C(=O)O. The van der Waals surface area contributed by atoms with Crippen molar-refractivity contribution >= 4 is 29.5 Å². The van der Waals surface area contributed by atoms with Crippen LogP contribution < -0.4 is 16.4 Å². The van der Waals surface area contributed by atoms with Gasteiger partial charge in [0, 0.05) is 18.5 Å². The Hall–Kier alpha value is -3.63. The topological polar surface area (TPSA) is 176 Å².